The fourth-order valence-corrected chi connectivity index (χ4v) is 1.41. The van der Waals surface area contributed by atoms with Crippen molar-refractivity contribution in [3.05, 3.63) is 30.0 Å². The van der Waals surface area contributed by atoms with Crippen LogP contribution < -0.4 is 11.1 Å². The summed E-state index contributed by atoms with van der Waals surface area (Å²) in [5.41, 5.74) is 7.14. The molecule has 0 spiro atoms. The molecule has 2 aromatic heterocycles. The summed E-state index contributed by atoms with van der Waals surface area (Å²) < 4.78 is 1.51. The molecule has 0 unspecified atom stereocenters. The Kier molecular flexibility index (Phi) is 2.73. The second-order valence-electron chi connectivity index (χ2n) is 3.52. The van der Waals surface area contributed by atoms with Crippen molar-refractivity contribution in [3.63, 3.8) is 0 Å². The van der Waals surface area contributed by atoms with E-state index in [-0.39, 0.29) is 11.6 Å². The van der Waals surface area contributed by atoms with Crippen molar-refractivity contribution in [3.8, 4) is 0 Å². The normalized spacial score (nSPS) is 10.2. The summed E-state index contributed by atoms with van der Waals surface area (Å²) in [6.45, 7) is 1.77. The summed E-state index contributed by atoms with van der Waals surface area (Å²) in [6.07, 6.45) is 4.33. The minimum Gasteiger partial charge on any atom is -0.394 e. The lowest BCUT2D eigenvalue weighted by Gasteiger charge is -2.05. The Hall–Kier alpha value is -2.44. The van der Waals surface area contributed by atoms with Gasteiger partial charge in [-0.2, -0.15) is 5.10 Å². The summed E-state index contributed by atoms with van der Waals surface area (Å²) in [4.78, 5) is 19.5. The number of anilines is 2. The van der Waals surface area contributed by atoms with E-state index in [1.807, 2.05) is 0 Å². The first kappa shape index (κ1) is 11.1. The van der Waals surface area contributed by atoms with Crippen molar-refractivity contribution in [2.75, 3.05) is 11.1 Å². The van der Waals surface area contributed by atoms with Crippen LogP contribution in [-0.2, 0) is 7.05 Å². The van der Waals surface area contributed by atoms with Gasteiger partial charge >= 0.3 is 0 Å². The van der Waals surface area contributed by atoms with E-state index in [1.165, 1.54) is 23.3 Å². The molecule has 2 heterocycles. The van der Waals surface area contributed by atoms with Gasteiger partial charge in [0.05, 0.1) is 17.6 Å². The largest absolute Gasteiger partial charge is 0.394 e. The standard InChI is InChI=1S/C10H12N6O/c1-6-8(11)9(16(2)15-6)14-10(17)7-5-12-3-4-13-7/h3-5H,11H2,1-2H3,(H,14,17). The first-order chi connectivity index (χ1) is 8.09. The van der Waals surface area contributed by atoms with Crippen molar-refractivity contribution in [2.45, 2.75) is 6.92 Å². The Morgan fingerprint density at radius 3 is 2.76 bits per heavy atom. The zero-order valence-corrected chi connectivity index (χ0v) is 9.51. The van der Waals surface area contributed by atoms with E-state index in [9.17, 15) is 4.79 Å². The summed E-state index contributed by atoms with van der Waals surface area (Å²) in [6, 6.07) is 0. The molecule has 0 atom stereocenters. The van der Waals surface area contributed by atoms with Crippen molar-refractivity contribution in [1.82, 2.24) is 19.7 Å². The summed E-state index contributed by atoms with van der Waals surface area (Å²) in [5.74, 6) is 0.0888. The Labute approximate surface area is 97.7 Å². The molecule has 0 aliphatic carbocycles. The number of aryl methyl sites for hydroxylation is 2. The molecular formula is C10H12N6O. The van der Waals surface area contributed by atoms with Crippen LogP contribution in [0.1, 0.15) is 16.2 Å². The molecule has 2 aromatic rings. The lowest BCUT2D eigenvalue weighted by Crippen LogP contribution is -2.17. The molecular weight excluding hydrogens is 220 g/mol. The van der Waals surface area contributed by atoms with Crippen LogP contribution >= 0.6 is 0 Å². The SMILES string of the molecule is Cc1nn(C)c(NC(=O)c2cnccn2)c1N. The number of carbonyl (C=O) groups is 1. The van der Waals surface area contributed by atoms with E-state index < -0.39 is 0 Å². The molecule has 88 valence electrons. The van der Waals surface area contributed by atoms with Crippen molar-refractivity contribution < 1.29 is 4.79 Å². The molecule has 17 heavy (non-hydrogen) atoms. The number of nitrogen functional groups attached to an aromatic ring is 1. The molecule has 0 bridgehead atoms. The van der Waals surface area contributed by atoms with Crippen LogP contribution in [0.2, 0.25) is 0 Å². The van der Waals surface area contributed by atoms with Gasteiger partial charge in [-0.1, -0.05) is 0 Å². The molecule has 0 saturated carbocycles. The van der Waals surface area contributed by atoms with Crippen molar-refractivity contribution in [1.29, 1.82) is 0 Å². The number of amides is 1. The van der Waals surface area contributed by atoms with E-state index in [2.05, 4.69) is 20.4 Å². The van der Waals surface area contributed by atoms with Crippen LogP contribution in [0.5, 0.6) is 0 Å². The number of hydrogen-bond acceptors (Lipinski definition) is 5. The van der Waals surface area contributed by atoms with E-state index in [4.69, 9.17) is 5.73 Å². The fourth-order valence-electron chi connectivity index (χ4n) is 1.41. The molecule has 0 aromatic carbocycles. The average molecular weight is 232 g/mol. The second kappa shape index (κ2) is 4.20. The summed E-state index contributed by atoms with van der Waals surface area (Å²) >= 11 is 0. The molecule has 0 radical (unpaired) electrons. The molecule has 7 nitrogen and oxygen atoms in total. The number of nitrogens with two attached hydrogens (primary N) is 1. The maximum Gasteiger partial charge on any atom is 0.277 e. The molecule has 0 aliphatic heterocycles. The highest BCUT2D eigenvalue weighted by Crippen LogP contribution is 2.21. The lowest BCUT2D eigenvalue weighted by molar-refractivity contribution is 0.102. The van der Waals surface area contributed by atoms with Crippen molar-refractivity contribution in [2.24, 2.45) is 7.05 Å². The van der Waals surface area contributed by atoms with Crippen molar-refractivity contribution >= 4 is 17.4 Å². The first-order valence-electron chi connectivity index (χ1n) is 4.96. The van der Waals surface area contributed by atoms with Gasteiger partial charge in [0.25, 0.3) is 5.91 Å². The number of aromatic nitrogens is 4. The Morgan fingerprint density at radius 2 is 2.24 bits per heavy atom. The summed E-state index contributed by atoms with van der Waals surface area (Å²) in [7, 11) is 1.70. The van der Waals surface area contributed by atoms with Gasteiger partial charge in [-0.3, -0.25) is 14.5 Å². The molecule has 3 N–H and O–H groups in total. The maximum atomic E-state index is 11.8. The highest BCUT2D eigenvalue weighted by atomic mass is 16.2. The minimum atomic E-state index is -0.368. The van der Waals surface area contributed by atoms with E-state index in [0.29, 0.717) is 17.2 Å². The lowest BCUT2D eigenvalue weighted by atomic mass is 10.3. The van der Waals surface area contributed by atoms with Crippen LogP contribution in [0.15, 0.2) is 18.6 Å². The first-order valence-corrected chi connectivity index (χ1v) is 4.96. The van der Waals surface area contributed by atoms with Gasteiger partial charge in [0.1, 0.15) is 5.69 Å². The fraction of sp³-hybridized carbons (Fsp3) is 0.200. The van der Waals surface area contributed by atoms with Crippen LogP contribution in [0, 0.1) is 6.92 Å². The molecule has 1 amide bonds. The third-order valence-electron chi connectivity index (χ3n) is 2.30. The van der Waals surface area contributed by atoms with E-state index >= 15 is 0 Å². The van der Waals surface area contributed by atoms with Gasteiger partial charge in [0.2, 0.25) is 0 Å². The third-order valence-corrected chi connectivity index (χ3v) is 2.30. The van der Waals surface area contributed by atoms with Gasteiger partial charge in [0, 0.05) is 19.4 Å². The molecule has 0 saturated heterocycles. The van der Waals surface area contributed by atoms with Gasteiger partial charge in [-0.25, -0.2) is 4.98 Å². The average Bonchev–Trinajstić information content (AvgIpc) is 2.57. The molecule has 2 rings (SSSR count). The highest BCUT2D eigenvalue weighted by Gasteiger charge is 2.14. The van der Waals surface area contributed by atoms with Gasteiger partial charge in [-0.15, -0.1) is 0 Å². The quantitative estimate of drug-likeness (QED) is 0.778. The molecule has 0 aliphatic rings. The van der Waals surface area contributed by atoms with Crippen LogP contribution in [-0.4, -0.2) is 25.7 Å². The number of rotatable bonds is 2. The molecule has 7 heteroatoms. The smallest absolute Gasteiger partial charge is 0.277 e. The minimum absolute atomic E-state index is 0.228. The number of hydrogen-bond donors (Lipinski definition) is 2. The number of nitrogens with one attached hydrogen (secondary N) is 1. The zero-order chi connectivity index (χ0) is 12.4. The zero-order valence-electron chi connectivity index (χ0n) is 9.51. The highest BCUT2D eigenvalue weighted by molar-refractivity contribution is 6.03. The van der Waals surface area contributed by atoms with Crippen LogP contribution in [0.25, 0.3) is 0 Å². The van der Waals surface area contributed by atoms with Gasteiger partial charge in [-0.05, 0) is 6.92 Å². The Morgan fingerprint density at radius 1 is 1.47 bits per heavy atom. The van der Waals surface area contributed by atoms with E-state index in [0.717, 1.165) is 0 Å². The Bertz CT molecular complexity index is 547. The van der Waals surface area contributed by atoms with Gasteiger partial charge in [0.15, 0.2) is 5.82 Å². The van der Waals surface area contributed by atoms with Crippen LogP contribution in [0.4, 0.5) is 11.5 Å². The monoisotopic (exact) mass is 232 g/mol. The predicted molar refractivity (Wildman–Crippen MR) is 62.3 cm³/mol. The Balaban J connectivity index is 2.25. The predicted octanol–water partition coefficient (Wildman–Crippen LogP) is 0.353. The number of carbonyl (C=O) groups excluding carboxylic acids is 1. The molecule has 0 fully saturated rings. The van der Waals surface area contributed by atoms with Gasteiger partial charge < -0.3 is 11.1 Å². The van der Waals surface area contributed by atoms with Crippen LogP contribution in [0.3, 0.4) is 0 Å². The second-order valence-corrected chi connectivity index (χ2v) is 3.52. The summed E-state index contributed by atoms with van der Waals surface area (Å²) in [5, 5.41) is 6.75. The van der Waals surface area contributed by atoms with E-state index in [1.54, 1.807) is 14.0 Å². The third kappa shape index (κ3) is 2.07. The maximum absolute atomic E-state index is 11.8. The topological polar surface area (TPSA) is 98.7 Å². The number of nitrogens with zero attached hydrogens (tertiary/aromatic N) is 4.